The molecule has 196 valence electrons. The van der Waals surface area contributed by atoms with Crippen molar-refractivity contribution in [1.82, 2.24) is 30.4 Å². The highest BCUT2D eigenvalue weighted by molar-refractivity contribution is 7.15. The van der Waals surface area contributed by atoms with Gasteiger partial charge in [0.2, 0.25) is 5.91 Å². The predicted molar refractivity (Wildman–Crippen MR) is 136 cm³/mol. The molecular weight excluding hydrogens is 537 g/mol. The van der Waals surface area contributed by atoms with Gasteiger partial charge >= 0.3 is 6.18 Å². The number of amides is 1. The average molecular weight is 559 g/mol. The summed E-state index contributed by atoms with van der Waals surface area (Å²) in [5.74, 6) is 0.880. The van der Waals surface area contributed by atoms with E-state index < -0.39 is 17.7 Å². The Morgan fingerprint density at radius 3 is 2.82 bits per heavy atom. The number of fused-ring (bicyclic) bond motifs is 5. The number of nitrogens with zero attached hydrogens (tertiary/aromatic N) is 4. The summed E-state index contributed by atoms with van der Waals surface area (Å²) in [5, 5.41) is 16.5. The van der Waals surface area contributed by atoms with Gasteiger partial charge in [-0.15, -0.1) is 21.5 Å². The van der Waals surface area contributed by atoms with Gasteiger partial charge in [-0.05, 0) is 49.1 Å². The molecule has 2 aliphatic rings. The maximum absolute atomic E-state index is 13.3. The molecule has 4 heterocycles. The highest BCUT2D eigenvalue weighted by Gasteiger charge is 2.39. The summed E-state index contributed by atoms with van der Waals surface area (Å²) in [6.45, 7) is 2.11. The molecule has 4 aromatic rings. The monoisotopic (exact) mass is 558 g/mol. The summed E-state index contributed by atoms with van der Waals surface area (Å²) >= 11 is 8.22. The Morgan fingerprint density at radius 2 is 2.03 bits per heavy atom. The number of hydrogen-bond acceptors (Lipinski definition) is 6. The van der Waals surface area contributed by atoms with Crippen molar-refractivity contribution >= 4 is 28.8 Å². The first kappa shape index (κ1) is 25.0. The van der Waals surface area contributed by atoms with Crippen LogP contribution in [0.3, 0.4) is 0 Å². The number of aryl methyl sites for hydroxylation is 1. The maximum Gasteiger partial charge on any atom is 0.418 e. The molecule has 3 aromatic heterocycles. The van der Waals surface area contributed by atoms with E-state index in [1.165, 1.54) is 12.3 Å². The van der Waals surface area contributed by atoms with Crippen LogP contribution in [-0.2, 0) is 36.9 Å². The standard InChI is InChI=1S/C26H22ClF3N6OS/c1-13-34-35-21-12-32-23(15-5-2-3-7-18(15)27)22-16-9-14(10-20(16)38-25(22)36(13)21)24(37)33-11-19-17(26(28,29)30)6-4-8-31-19/h2-8,14,23,32H,9-12H2,1H3,(H,33,37)/t14-,23-/m0/s1. The molecule has 38 heavy (non-hydrogen) atoms. The molecule has 7 nitrogen and oxygen atoms in total. The molecule has 6 rings (SSSR count). The molecule has 0 saturated carbocycles. The molecule has 1 aliphatic heterocycles. The molecule has 12 heteroatoms. The number of hydrogen-bond donors (Lipinski definition) is 2. The summed E-state index contributed by atoms with van der Waals surface area (Å²) in [6.07, 6.45) is -2.27. The van der Waals surface area contributed by atoms with Gasteiger partial charge in [0, 0.05) is 27.6 Å². The van der Waals surface area contributed by atoms with Crippen molar-refractivity contribution in [2.45, 2.75) is 45.1 Å². The lowest BCUT2D eigenvalue weighted by Crippen LogP contribution is -2.32. The van der Waals surface area contributed by atoms with E-state index in [0.717, 1.165) is 44.3 Å². The number of rotatable bonds is 4. The maximum atomic E-state index is 13.3. The minimum atomic E-state index is -4.54. The Morgan fingerprint density at radius 1 is 1.21 bits per heavy atom. The topological polar surface area (TPSA) is 84.7 Å². The molecule has 0 spiro atoms. The SMILES string of the molecule is Cc1nnc2n1-c1sc3c(c1[C@H](c1ccccc1Cl)NC2)C[C@H](C(=O)NCc1ncccc1C(F)(F)F)C3. The Labute approximate surface area is 225 Å². The van der Waals surface area contributed by atoms with Gasteiger partial charge in [-0.3, -0.25) is 19.7 Å². The highest BCUT2D eigenvalue weighted by Crippen LogP contribution is 2.47. The fourth-order valence-corrected chi connectivity index (χ4v) is 7.06. The number of halogens is 4. The number of carbonyl (C=O) groups excluding carboxylic acids is 1. The quantitative estimate of drug-likeness (QED) is 0.371. The third-order valence-corrected chi connectivity index (χ3v) is 8.65. The average Bonchev–Trinajstić information content (AvgIpc) is 3.53. The first-order valence-electron chi connectivity index (χ1n) is 12.0. The van der Waals surface area contributed by atoms with Crippen molar-refractivity contribution in [2.75, 3.05) is 0 Å². The van der Waals surface area contributed by atoms with Gasteiger partial charge in [0.25, 0.3) is 0 Å². The van der Waals surface area contributed by atoms with Crippen LogP contribution in [0.15, 0.2) is 42.6 Å². The van der Waals surface area contributed by atoms with Crippen LogP contribution in [0, 0.1) is 12.8 Å². The van der Waals surface area contributed by atoms with E-state index in [1.807, 2.05) is 31.2 Å². The summed E-state index contributed by atoms with van der Waals surface area (Å²) in [7, 11) is 0. The van der Waals surface area contributed by atoms with Crippen LogP contribution in [0.5, 0.6) is 0 Å². The molecule has 1 aliphatic carbocycles. The van der Waals surface area contributed by atoms with Crippen molar-refractivity contribution in [2.24, 2.45) is 5.92 Å². The summed E-state index contributed by atoms with van der Waals surface area (Å²) in [4.78, 5) is 18.0. The first-order chi connectivity index (χ1) is 18.2. The lowest BCUT2D eigenvalue weighted by molar-refractivity contribution is -0.139. The third kappa shape index (κ3) is 4.28. The molecule has 0 unspecified atom stereocenters. The number of nitrogens with one attached hydrogen (secondary N) is 2. The Hall–Kier alpha value is -3.28. The van der Waals surface area contributed by atoms with E-state index in [4.69, 9.17) is 11.6 Å². The normalized spacial score (nSPS) is 18.4. The van der Waals surface area contributed by atoms with Crippen LogP contribution in [0.4, 0.5) is 13.2 Å². The number of pyridine rings is 1. The van der Waals surface area contributed by atoms with Crippen LogP contribution < -0.4 is 10.6 Å². The van der Waals surface area contributed by atoms with E-state index in [0.29, 0.717) is 24.4 Å². The van der Waals surface area contributed by atoms with Crippen molar-refractivity contribution < 1.29 is 18.0 Å². The van der Waals surface area contributed by atoms with Gasteiger partial charge in [0.15, 0.2) is 5.82 Å². The number of carbonyl (C=O) groups is 1. The van der Waals surface area contributed by atoms with Gasteiger partial charge in [0.1, 0.15) is 10.8 Å². The number of aromatic nitrogens is 4. The summed E-state index contributed by atoms with van der Waals surface area (Å²) in [6, 6.07) is 9.65. The van der Waals surface area contributed by atoms with Crippen molar-refractivity contribution in [3.63, 3.8) is 0 Å². The smallest absolute Gasteiger partial charge is 0.350 e. The van der Waals surface area contributed by atoms with E-state index in [1.54, 1.807) is 11.3 Å². The van der Waals surface area contributed by atoms with Gasteiger partial charge in [0.05, 0.1) is 30.4 Å². The highest BCUT2D eigenvalue weighted by atomic mass is 35.5. The molecular formula is C26H22ClF3N6OS. The zero-order valence-electron chi connectivity index (χ0n) is 20.1. The van der Waals surface area contributed by atoms with Gasteiger partial charge < -0.3 is 5.32 Å². The fraction of sp³-hybridized carbons (Fsp3) is 0.308. The van der Waals surface area contributed by atoms with Crippen molar-refractivity contribution in [1.29, 1.82) is 0 Å². The Kier molecular flexibility index (Phi) is 6.24. The number of benzene rings is 1. The zero-order valence-corrected chi connectivity index (χ0v) is 21.7. The molecule has 0 radical (unpaired) electrons. The number of thiophene rings is 1. The van der Waals surface area contributed by atoms with Crippen LogP contribution in [0.1, 0.15) is 50.5 Å². The largest absolute Gasteiger partial charge is 0.418 e. The van der Waals surface area contributed by atoms with Crippen LogP contribution in [-0.4, -0.2) is 25.7 Å². The first-order valence-corrected chi connectivity index (χ1v) is 13.2. The molecule has 1 aromatic carbocycles. The molecule has 2 atom stereocenters. The summed E-state index contributed by atoms with van der Waals surface area (Å²) in [5.41, 5.74) is 1.99. The molecule has 0 bridgehead atoms. The Balaban J connectivity index is 1.30. The van der Waals surface area contributed by atoms with Gasteiger partial charge in [-0.1, -0.05) is 29.8 Å². The second kappa shape index (κ2) is 9.48. The number of alkyl halides is 3. The second-order valence-electron chi connectivity index (χ2n) is 9.38. The van der Waals surface area contributed by atoms with Gasteiger partial charge in [-0.25, -0.2) is 0 Å². The summed E-state index contributed by atoms with van der Waals surface area (Å²) < 4.78 is 42.1. The predicted octanol–water partition coefficient (Wildman–Crippen LogP) is 4.93. The third-order valence-electron chi connectivity index (χ3n) is 7.05. The lowest BCUT2D eigenvalue weighted by Gasteiger charge is -2.20. The molecule has 0 fully saturated rings. The minimum absolute atomic E-state index is 0.200. The second-order valence-corrected chi connectivity index (χ2v) is 10.9. The van der Waals surface area contributed by atoms with Crippen LogP contribution in [0.25, 0.3) is 5.00 Å². The van der Waals surface area contributed by atoms with Crippen molar-refractivity contribution in [3.8, 4) is 5.00 Å². The van der Waals surface area contributed by atoms with E-state index in [-0.39, 0.29) is 24.2 Å². The van der Waals surface area contributed by atoms with E-state index >= 15 is 0 Å². The Bertz CT molecular complexity index is 1550. The van der Waals surface area contributed by atoms with Crippen LogP contribution in [0.2, 0.25) is 5.02 Å². The van der Waals surface area contributed by atoms with Crippen LogP contribution >= 0.6 is 22.9 Å². The van der Waals surface area contributed by atoms with Gasteiger partial charge in [-0.2, -0.15) is 13.2 Å². The van der Waals surface area contributed by atoms with Crippen molar-refractivity contribution in [3.05, 3.63) is 92.1 Å². The molecule has 1 amide bonds. The molecule has 0 saturated heterocycles. The minimum Gasteiger partial charge on any atom is -0.350 e. The zero-order chi connectivity index (χ0) is 26.6. The van der Waals surface area contributed by atoms with E-state index in [9.17, 15) is 18.0 Å². The lowest BCUT2D eigenvalue weighted by atomic mass is 9.95. The van der Waals surface area contributed by atoms with E-state index in [2.05, 4.69) is 30.4 Å². The fourth-order valence-electron chi connectivity index (χ4n) is 5.30. The molecule has 2 N–H and O–H groups in total.